The smallest absolute Gasteiger partial charge is 0.409 e. The van der Waals surface area contributed by atoms with Crippen LogP contribution in [0, 0.1) is 0 Å². The number of hydrogen-bond acceptors (Lipinski definition) is 5. The zero-order valence-electron chi connectivity index (χ0n) is 16.1. The van der Waals surface area contributed by atoms with Gasteiger partial charge in [-0.1, -0.05) is 6.07 Å². The minimum absolute atomic E-state index is 0.0280. The summed E-state index contributed by atoms with van der Waals surface area (Å²) in [6, 6.07) is 5.77. The number of likely N-dealkylation sites (tertiary alicyclic amines) is 1. The molecule has 0 radical (unpaired) electrons. The van der Waals surface area contributed by atoms with Crippen molar-refractivity contribution in [1.82, 2.24) is 24.5 Å². The fraction of sp³-hybridized carbons (Fsp3) is 0.526. The van der Waals surface area contributed by atoms with Gasteiger partial charge in [0.1, 0.15) is 5.65 Å². The summed E-state index contributed by atoms with van der Waals surface area (Å²) in [5, 5.41) is 3.09. The van der Waals surface area contributed by atoms with Gasteiger partial charge >= 0.3 is 6.09 Å². The molecule has 2 amide bonds. The first-order valence-electron chi connectivity index (χ1n) is 9.32. The van der Waals surface area contributed by atoms with Gasteiger partial charge in [0.15, 0.2) is 5.69 Å². The molecule has 3 rings (SSSR count). The number of piperidine rings is 1. The molecule has 1 aliphatic heterocycles. The molecule has 2 aromatic rings. The van der Waals surface area contributed by atoms with E-state index in [0.717, 1.165) is 11.3 Å². The van der Waals surface area contributed by atoms with Crippen LogP contribution < -0.4 is 5.32 Å². The zero-order chi connectivity index (χ0) is 19.4. The number of aromatic nitrogens is 2. The maximum atomic E-state index is 12.9. The molecule has 0 aliphatic carbocycles. The summed E-state index contributed by atoms with van der Waals surface area (Å²) >= 11 is 0. The predicted molar refractivity (Wildman–Crippen MR) is 102 cm³/mol. The summed E-state index contributed by atoms with van der Waals surface area (Å²) in [4.78, 5) is 32.9. The average Bonchev–Trinajstić information content (AvgIpc) is 3.01. The molecule has 27 heavy (non-hydrogen) atoms. The van der Waals surface area contributed by atoms with Crippen LogP contribution >= 0.6 is 0 Å². The molecule has 2 aromatic heterocycles. The molecule has 3 heterocycles. The Kier molecular flexibility index (Phi) is 5.95. The second kappa shape index (κ2) is 8.39. The van der Waals surface area contributed by atoms with Crippen molar-refractivity contribution in [2.45, 2.75) is 32.4 Å². The topological polar surface area (TPSA) is 79.2 Å². The van der Waals surface area contributed by atoms with Crippen molar-refractivity contribution in [2.75, 3.05) is 33.8 Å². The number of hydrogen-bond donors (Lipinski definition) is 1. The van der Waals surface area contributed by atoms with Crippen LogP contribution in [-0.2, 0) is 11.3 Å². The predicted octanol–water partition coefficient (Wildman–Crippen LogP) is 1.75. The molecule has 8 nitrogen and oxygen atoms in total. The largest absolute Gasteiger partial charge is 0.450 e. The normalized spacial score (nSPS) is 15.3. The van der Waals surface area contributed by atoms with E-state index in [1.54, 1.807) is 11.8 Å². The Morgan fingerprint density at radius 2 is 2.04 bits per heavy atom. The minimum atomic E-state index is -0.282. The Balaban J connectivity index is 1.69. The minimum Gasteiger partial charge on any atom is -0.450 e. The summed E-state index contributed by atoms with van der Waals surface area (Å²) in [5.41, 5.74) is 2.09. The van der Waals surface area contributed by atoms with Gasteiger partial charge in [-0.15, -0.1) is 0 Å². The van der Waals surface area contributed by atoms with Gasteiger partial charge in [0.05, 0.1) is 12.3 Å². The molecule has 1 N–H and O–H groups in total. The molecule has 1 aliphatic rings. The van der Waals surface area contributed by atoms with Crippen LogP contribution in [0.25, 0.3) is 5.65 Å². The number of ether oxygens (including phenoxy) is 1. The van der Waals surface area contributed by atoms with Crippen LogP contribution in [0.2, 0.25) is 0 Å². The Hall–Kier alpha value is -2.61. The number of pyridine rings is 1. The first-order valence-corrected chi connectivity index (χ1v) is 9.32. The average molecular weight is 373 g/mol. The molecule has 0 unspecified atom stereocenters. The van der Waals surface area contributed by atoms with Crippen molar-refractivity contribution in [1.29, 1.82) is 0 Å². The highest BCUT2D eigenvalue weighted by atomic mass is 16.6. The quantitative estimate of drug-likeness (QED) is 0.864. The van der Waals surface area contributed by atoms with Gasteiger partial charge in [-0.3, -0.25) is 4.79 Å². The summed E-state index contributed by atoms with van der Waals surface area (Å²) < 4.78 is 6.99. The summed E-state index contributed by atoms with van der Waals surface area (Å²) in [6.07, 6.45) is 3.06. The third kappa shape index (κ3) is 4.39. The third-order valence-corrected chi connectivity index (χ3v) is 4.67. The van der Waals surface area contributed by atoms with E-state index in [4.69, 9.17) is 4.74 Å². The molecule has 0 saturated carbocycles. The van der Waals surface area contributed by atoms with E-state index < -0.39 is 0 Å². The van der Waals surface area contributed by atoms with Gasteiger partial charge in [-0.25, -0.2) is 9.78 Å². The third-order valence-electron chi connectivity index (χ3n) is 4.67. The molecule has 1 saturated heterocycles. The standard InChI is InChI=1S/C19H27N5O3/c1-4-27-19(26)23-11-8-14(9-12-23)20-18(25)17-15(13-22(2)3)24-10-6-5-7-16(24)21-17/h5-7,10,14H,4,8-9,11-13H2,1-3H3,(H,20,25). The SMILES string of the molecule is CCOC(=O)N1CCC(NC(=O)c2nc3ccccn3c2CN(C)C)CC1. The van der Waals surface area contributed by atoms with Gasteiger partial charge in [0.25, 0.3) is 5.91 Å². The van der Waals surface area contributed by atoms with E-state index in [9.17, 15) is 9.59 Å². The fourth-order valence-electron chi connectivity index (χ4n) is 3.35. The fourth-order valence-corrected chi connectivity index (χ4v) is 3.35. The lowest BCUT2D eigenvalue weighted by Gasteiger charge is -2.31. The lowest BCUT2D eigenvalue weighted by atomic mass is 10.1. The summed E-state index contributed by atoms with van der Waals surface area (Å²) in [6.45, 7) is 3.96. The number of carbonyl (C=O) groups is 2. The van der Waals surface area contributed by atoms with Crippen LogP contribution in [0.1, 0.15) is 35.9 Å². The van der Waals surface area contributed by atoms with Gasteiger partial charge in [-0.05, 0) is 46.0 Å². The molecule has 0 aromatic carbocycles. The van der Waals surface area contributed by atoms with Crippen LogP contribution in [-0.4, -0.2) is 71.0 Å². The van der Waals surface area contributed by atoms with E-state index in [1.807, 2.05) is 47.8 Å². The number of rotatable bonds is 5. The number of imidazole rings is 1. The molecular formula is C19H27N5O3. The van der Waals surface area contributed by atoms with E-state index in [1.165, 1.54) is 0 Å². The molecule has 0 spiro atoms. The van der Waals surface area contributed by atoms with Gasteiger partial charge in [-0.2, -0.15) is 0 Å². The first kappa shape index (κ1) is 19.2. The van der Waals surface area contributed by atoms with Crippen molar-refractivity contribution < 1.29 is 14.3 Å². The highest BCUT2D eigenvalue weighted by Crippen LogP contribution is 2.16. The monoisotopic (exact) mass is 373 g/mol. The van der Waals surface area contributed by atoms with E-state index in [2.05, 4.69) is 10.3 Å². The highest BCUT2D eigenvalue weighted by Gasteiger charge is 2.27. The summed E-state index contributed by atoms with van der Waals surface area (Å²) in [5.74, 6) is -0.162. The molecule has 0 atom stereocenters. The highest BCUT2D eigenvalue weighted by molar-refractivity contribution is 5.94. The van der Waals surface area contributed by atoms with Gasteiger partial charge in [0, 0.05) is 31.9 Å². The Morgan fingerprint density at radius 3 is 2.70 bits per heavy atom. The lowest BCUT2D eigenvalue weighted by molar-refractivity contribution is 0.0856. The van der Waals surface area contributed by atoms with E-state index in [-0.39, 0.29) is 18.0 Å². The van der Waals surface area contributed by atoms with Crippen molar-refractivity contribution in [2.24, 2.45) is 0 Å². The van der Waals surface area contributed by atoms with Crippen LogP contribution in [0.4, 0.5) is 4.79 Å². The maximum Gasteiger partial charge on any atom is 0.409 e. The van der Waals surface area contributed by atoms with E-state index >= 15 is 0 Å². The molecule has 1 fully saturated rings. The number of nitrogens with zero attached hydrogens (tertiary/aromatic N) is 4. The van der Waals surface area contributed by atoms with Crippen molar-refractivity contribution in [3.8, 4) is 0 Å². The summed E-state index contributed by atoms with van der Waals surface area (Å²) in [7, 11) is 3.93. The number of fused-ring (bicyclic) bond motifs is 1. The Labute approximate surface area is 159 Å². The van der Waals surface area contributed by atoms with Crippen LogP contribution in [0.5, 0.6) is 0 Å². The van der Waals surface area contributed by atoms with Crippen molar-refractivity contribution in [3.05, 3.63) is 35.8 Å². The molecule has 8 heteroatoms. The van der Waals surface area contributed by atoms with Crippen molar-refractivity contribution in [3.63, 3.8) is 0 Å². The maximum absolute atomic E-state index is 12.9. The lowest BCUT2D eigenvalue weighted by Crippen LogP contribution is -2.47. The number of amides is 2. The molecule has 0 bridgehead atoms. The molecular weight excluding hydrogens is 346 g/mol. The zero-order valence-corrected chi connectivity index (χ0v) is 16.1. The number of nitrogens with one attached hydrogen (secondary N) is 1. The van der Waals surface area contributed by atoms with Crippen LogP contribution in [0.15, 0.2) is 24.4 Å². The number of carbonyl (C=O) groups excluding carboxylic acids is 2. The van der Waals surface area contributed by atoms with Gasteiger partial charge < -0.3 is 24.3 Å². The second-order valence-electron chi connectivity index (χ2n) is 7.01. The Morgan fingerprint density at radius 1 is 1.30 bits per heavy atom. The van der Waals surface area contributed by atoms with Gasteiger partial charge in [0.2, 0.25) is 0 Å². The molecule has 146 valence electrons. The van der Waals surface area contributed by atoms with Crippen molar-refractivity contribution >= 4 is 17.6 Å². The van der Waals surface area contributed by atoms with E-state index in [0.29, 0.717) is 44.8 Å². The first-order chi connectivity index (χ1) is 13.0. The second-order valence-corrected chi connectivity index (χ2v) is 7.01. The Bertz CT molecular complexity index is 809. The van der Waals surface area contributed by atoms with Crippen LogP contribution in [0.3, 0.4) is 0 Å².